The predicted molar refractivity (Wildman–Crippen MR) is 151 cm³/mol. The van der Waals surface area contributed by atoms with Crippen molar-refractivity contribution in [3.63, 3.8) is 0 Å². The topological polar surface area (TPSA) is 126 Å². The average molecular weight is 588 g/mol. The second kappa shape index (κ2) is 11.2. The molecule has 1 fully saturated rings. The van der Waals surface area contributed by atoms with Crippen molar-refractivity contribution < 1.29 is 22.8 Å². The zero-order valence-electron chi connectivity index (χ0n) is 23.8. The van der Waals surface area contributed by atoms with Gasteiger partial charge in [-0.1, -0.05) is 6.42 Å². The number of aryl methyl sites for hydroxylation is 1. The zero-order valence-corrected chi connectivity index (χ0v) is 23.8. The first-order chi connectivity index (χ1) is 19.8. The van der Waals surface area contributed by atoms with Gasteiger partial charge in [0.25, 0.3) is 0 Å². The van der Waals surface area contributed by atoms with Crippen molar-refractivity contribution in [2.24, 2.45) is 0 Å². The number of nitrogens with zero attached hydrogens (tertiary/aromatic N) is 8. The third-order valence-electron chi connectivity index (χ3n) is 7.50. The van der Waals surface area contributed by atoms with Crippen LogP contribution in [0.1, 0.15) is 30.7 Å². The number of nitro groups is 1. The van der Waals surface area contributed by atoms with E-state index < -0.39 is 29.3 Å². The summed E-state index contributed by atoms with van der Waals surface area (Å²) in [6.45, 7) is 1.89. The third kappa shape index (κ3) is 6.00. The Morgan fingerprint density at radius 1 is 1.14 bits per heavy atom. The molecule has 0 atom stereocenters. The minimum absolute atomic E-state index is 0.0188. The van der Waals surface area contributed by atoms with Gasteiger partial charge in [0.15, 0.2) is 6.61 Å². The summed E-state index contributed by atoms with van der Waals surface area (Å²) in [5.74, 6) is -0.00598. The summed E-state index contributed by atoms with van der Waals surface area (Å²) in [4.78, 5) is 34.6. The van der Waals surface area contributed by atoms with Crippen LogP contribution in [-0.2, 0) is 5.41 Å². The normalized spacial score (nSPS) is 15.5. The molecule has 0 aromatic carbocycles. The maximum atomic E-state index is 13.1. The van der Waals surface area contributed by atoms with Gasteiger partial charge in [-0.25, -0.2) is 4.98 Å². The van der Waals surface area contributed by atoms with Gasteiger partial charge in [0.1, 0.15) is 11.5 Å². The molecule has 3 aromatic heterocycles. The van der Waals surface area contributed by atoms with E-state index in [1.807, 2.05) is 38.1 Å². The fourth-order valence-electron chi connectivity index (χ4n) is 5.20. The second-order valence-electron chi connectivity index (χ2n) is 11.0. The van der Waals surface area contributed by atoms with E-state index in [-0.39, 0.29) is 22.9 Å². The van der Waals surface area contributed by atoms with Crippen molar-refractivity contribution in [1.29, 1.82) is 0 Å². The van der Waals surface area contributed by atoms with E-state index in [1.165, 1.54) is 11.1 Å². The highest BCUT2D eigenvalue weighted by atomic mass is 19.4. The lowest BCUT2D eigenvalue weighted by atomic mass is 9.67. The molecule has 0 bridgehead atoms. The standard InChI is InChI=1S/C27H32F3N9O3/c1-17-6-7-19-22(32-17)26(9-5-10-26)15-38(19)21-8-11-31-25(34-21)33-18-14-20(39(40)41)23(37(4)13-12-36(2)3)35-24(18)42-16-27(28,29)30/h6-8,11,14H,5,9-10,12-13,15-16H2,1-4H3,(H,31,33,34). The molecule has 2 aliphatic rings. The number of likely N-dealkylation sites (N-methyl/N-ethyl adjacent to an activating group) is 2. The number of halogens is 3. The first kappa shape index (κ1) is 29.2. The molecule has 5 rings (SSSR count). The summed E-state index contributed by atoms with van der Waals surface area (Å²) in [6, 6.07) is 6.78. The summed E-state index contributed by atoms with van der Waals surface area (Å²) >= 11 is 0. The van der Waals surface area contributed by atoms with Gasteiger partial charge in [0.05, 0.1) is 16.3 Å². The van der Waals surface area contributed by atoms with Gasteiger partial charge in [0, 0.05) is 50.1 Å². The molecule has 4 heterocycles. The lowest BCUT2D eigenvalue weighted by Gasteiger charge is -2.38. The monoisotopic (exact) mass is 587 g/mol. The highest BCUT2D eigenvalue weighted by molar-refractivity contribution is 5.73. The molecule has 1 aliphatic carbocycles. The molecule has 224 valence electrons. The molecular formula is C27H32F3N9O3. The lowest BCUT2D eigenvalue weighted by molar-refractivity contribution is -0.384. The fourth-order valence-corrected chi connectivity index (χ4v) is 5.20. The van der Waals surface area contributed by atoms with Gasteiger partial charge in [-0.3, -0.25) is 15.1 Å². The Labute approximate surface area is 240 Å². The zero-order chi connectivity index (χ0) is 30.2. The Hall–Kier alpha value is -4.27. The van der Waals surface area contributed by atoms with Gasteiger partial charge in [0.2, 0.25) is 17.6 Å². The van der Waals surface area contributed by atoms with Crippen LogP contribution in [0, 0.1) is 17.0 Å². The molecule has 12 nitrogen and oxygen atoms in total. The van der Waals surface area contributed by atoms with Gasteiger partial charge < -0.3 is 24.8 Å². The van der Waals surface area contributed by atoms with Crippen LogP contribution in [0.15, 0.2) is 30.5 Å². The van der Waals surface area contributed by atoms with E-state index in [0.717, 1.165) is 42.4 Å². The van der Waals surface area contributed by atoms with Crippen LogP contribution in [0.4, 0.5) is 47.8 Å². The number of fused-ring (bicyclic) bond motifs is 2. The van der Waals surface area contributed by atoms with Crippen LogP contribution in [-0.4, -0.2) is 83.3 Å². The molecule has 1 N–H and O–H groups in total. The number of nitrogens with one attached hydrogen (secondary N) is 1. The van der Waals surface area contributed by atoms with Crippen molar-refractivity contribution in [2.45, 2.75) is 37.8 Å². The Kier molecular flexibility index (Phi) is 7.79. The first-order valence-corrected chi connectivity index (χ1v) is 13.5. The first-order valence-electron chi connectivity index (χ1n) is 13.5. The van der Waals surface area contributed by atoms with Crippen LogP contribution < -0.4 is 19.9 Å². The molecule has 1 spiro atoms. The van der Waals surface area contributed by atoms with Crippen molar-refractivity contribution in [3.05, 3.63) is 52.0 Å². The van der Waals surface area contributed by atoms with E-state index in [0.29, 0.717) is 25.5 Å². The molecule has 0 amide bonds. The maximum Gasteiger partial charge on any atom is 0.422 e. The van der Waals surface area contributed by atoms with Gasteiger partial charge >= 0.3 is 11.9 Å². The number of alkyl halides is 3. The number of ether oxygens (including phenoxy) is 1. The number of anilines is 5. The predicted octanol–water partition coefficient (Wildman–Crippen LogP) is 4.74. The van der Waals surface area contributed by atoms with Crippen molar-refractivity contribution in [3.8, 4) is 5.88 Å². The van der Waals surface area contributed by atoms with E-state index in [2.05, 4.69) is 25.2 Å². The maximum absolute atomic E-state index is 13.1. The molecule has 0 radical (unpaired) electrons. The van der Waals surface area contributed by atoms with E-state index >= 15 is 0 Å². The summed E-state index contributed by atoms with van der Waals surface area (Å²) in [5.41, 5.74) is 2.30. The second-order valence-corrected chi connectivity index (χ2v) is 11.0. The Morgan fingerprint density at radius 2 is 1.90 bits per heavy atom. The molecule has 1 saturated carbocycles. The number of rotatable bonds is 10. The van der Waals surface area contributed by atoms with Crippen LogP contribution in [0.2, 0.25) is 0 Å². The van der Waals surface area contributed by atoms with E-state index in [1.54, 1.807) is 13.1 Å². The van der Waals surface area contributed by atoms with Crippen molar-refractivity contribution in [1.82, 2.24) is 24.8 Å². The minimum atomic E-state index is -4.65. The molecule has 0 saturated heterocycles. The number of hydrogen-bond donors (Lipinski definition) is 1. The quantitative estimate of drug-likeness (QED) is 0.261. The molecule has 3 aromatic rings. The SMILES string of the molecule is Cc1ccc2c(n1)C1(CCC1)CN2c1ccnc(Nc2cc([N+](=O)[O-])c(N(C)CCN(C)C)nc2OCC(F)(F)F)n1. The Bertz CT molecular complexity index is 1480. The summed E-state index contributed by atoms with van der Waals surface area (Å²) in [7, 11) is 5.24. The van der Waals surface area contributed by atoms with Gasteiger partial charge in [-0.2, -0.15) is 23.1 Å². The van der Waals surface area contributed by atoms with E-state index in [4.69, 9.17) is 9.72 Å². The molecule has 1 aliphatic heterocycles. The molecule has 15 heteroatoms. The van der Waals surface area contributed by atoms with Gasteiger partial charge in [-0.15, -0.1) is 0 Å². The van der Waals surface area contributed by atoms with Crippen LogP contribution >= 0.6 is 0 Å². The van der Waals surface area contributed by atoms with Crippen molar-refractivity contribution >= 4 is 34.6 Å². The van der Waals surface area contributed by atoms with Crippen LogP contribution in [0.5, 0.6) is 5.88 Å². The molecule has 42 heavy (non-hydrogen) atoms. The van der Waals surface area contributed by atoms with Crippen LogP contribution in [0.25, 0.3) is 0 Å². The van der Waals surface area contributed by atoms with E-state index in [9.17, 15) is 23.3 Å². The lowest BCUT2D eigenvalue weighted by Crippen LogP contribution is -2.38. The number of pyridine rings is 2. The summed E-state index contributed by atoms with van der Waals surface area (Å²) in [5, 5.41) is 14.8. The smallest absolute Gasteiger partial charge is 0.422 e. The Balaban J connectivity index is 1.49. The average Bonchev–Trinajstić information content (AvgIpc) is 3.25. The number of hydrogen-bond acceptors (Lipinski definition) is 11. The summed E-state index contributed by atoms with van der Waals surface area (Å²) < 4.78 is 44.4. The van der Waals surface area contributed by atoms with Crippen LogP contribution in [0.3, 0.4) is 0 Å². The highest BCUT2D eigenvalue weighted by Crippen LogP contribution is 2.53. The third-order valence-corrected chi connectivity index (χ3v) is 7.50. The Morgan fingerprint density at radius 3 is 2.55 bits per heavy atom. The highest BCUT2D eigenvalue weighted by Gasteiger charge is 2.49. The molecule has 0 unspecified atom stereocenters. The minimum Gasteiger partial charge on any atom is -0.466 e. The fraction of sp³-hybridized carbons (Fsp3) is 0.481. The largest absolute Gasteiger partial charge is 0.466 e. The number of aromatic nitrogens is 4. The van der Waals surface area contributed by atoms with Crippen molar-refractivity contribution in [2.75, 3.05) is 62.5 Å². The summed E-state index contributed by atoms with van der Waals surface area (Å²) in [6.07, 6.45) is 0.0219. The molecular weight excluding hydrogens is 555 g/mol. The van der Waals surface area contributed by atoms with Gasteiger partial charge in [-0.05, 0) is 52.1 Å².